The number of hydrogen-bond acceptors (Lipinski definition) is 6. The first-order valence-corrected chi connectivity index (χ1v) is 9.62. The van der Waals surface area contributed by atoms with Crippen LogP contribution in [0.4, 0.5) is 0 Å². The first-order valence-electron chi connectivity index (χ1n) is 8.80. The van der Waals surface area contributed by atoms with Crippen molar-refractivity contribution in [3.63, 3.8) is 0 Å². The molecule has 0 aliphatic heterocycles. The van der Waals surface area contributed by atoms with Gasteiger partial charge in [-0.05, 0) is 36.8 Å². The van der Waals surface area contributed by atoms with Crippen LogP contribution in [0.15, 0.2) is 23.3 Å². The maximum Gasteiger partial charge on any atom is 0.281 e. The molecule has 0 radical (unpaired) electrons. The predicted octanol–water partition coefficient (Wildman–Crippen LogP) is 3.66. The Morgan fingerprint density at radius 1 is 1.19 bits per heavy atom. The topological polar surface area (TPSA) is 69.2 Å². The van der Waals surface area contributed by atoms with E-state index in [4.69, 9.17) is 14.2 Å². The number of hydrogen-bond donors (Lipinski definition) is 1. The lowest BCUT2D eigenvalue weighted by molar-refractivity contribution is 0.0959. The fourth-order valence-corrected chi connectivity index (χ4v) is 4.29. The highest BCUT2D eigenvalue weighted by molar-refractivity contribution is 7.14. The molecular weight excluding hydrogens is 364 g/mol. The maximum absolute atomic E-state index is 12.4. The summed E-state index contributed by atoms with van der Waals surface area (Å²) in [5.74, 6) is 2.18. The Kier molecular flexibility index (Phi) is 6.01. The number of nitrogens with zero attached hydrogens (tertiary/aromatic N) is 1. The van der Waals surface area contributed by atoms with Gasteiger partial charge in [-0.15, -0.1) is 11.3 Å². The van der Waals surface area contributed by atoms with Crippen LogP contribution in [0.1, 0.15) is 39.0 Å². The number of methoxy groups -OCH3 is 3. The number of amides is 1. The number of ether oxygens (including phenoxy) is 3. The molecule has 0 saturated heterocycles. The molecule has 1 unspecified atom stereocenters. The standard InChI is InChI=1S/C20H24N2O4S/c1-12-5-6-18-13(7-12)8-19(27-18)20(23)22-21-11-15-16(25-3)9-14(24-2)10-17(15)26-4/h8-12H,5-7H2,1-4H3,(H,22,23). The minimum Gasteiger partial charge on any atom is -0.496 e. The van der Waals surface area contributed by atoms with Gasteiger partial charge in [0, 0.05) is 17.0 Å². The number of thiophene rings is 1. The molecule has 0 bridgehead atoms. The van der Waals surface area contributed by atoms with Crippen molar-refractivity contribution >= 4 is 23.5 Å². The van der Waals surface area contributed by atoms with Crippen molar-refractivity contribution in [1.29, 1.82) is 0 Å². The molecule has 1 N–H and O–H groups in total. The van der Waals surface area contributed by atoms with E-state index in [0.717, 1.165) is 12.8 Å². The molecule has 2 aromatic rings. The number of aryl methyl sites for hydroxylation is 1. The van der Waals surface area contributed by atoms with Gasteiger partial charge in [-0.25, -0.2) is 5.43 Å². The quantitative estimate of drug-likeness (QED) is 0.606. The van der Waals surface area contributed by atoms with Gasteiger partial charge in [-0.3, -0.25) is 4.79 Å². The summed E-state index contributed by atoms with van der Waals surface area (Å²) in [5, 5.41) is 4.09. The molecule has 0 fully saturated rings. The second kappa shape index (κ2) is 8.43. The predicted molar refractivity (Wildman–Crippen MR) is 107 cm³/mol. The number of benzene rings is 1. The van der Waals surface area contributed by atoms with Gasteiger partial charge >= 0.3 is 0 Å². The third kappa shape index (κ3) is 4.24. The molecule has 1 aliphatic carbocycles. The third-order valence-corrected chi connectivity index (χ3v) is 5.90. The molecule has 1 aromatic heterocycles. The molecule has 27 heavy (non-hydrogen) atoms. The van der Waals surface area contributed by atoms with Gasteiger partial charge in [0.05, 0.1) is 38.0 Å². The molecular formula is C20H24N2O4S. The summed E-state index contributed by atoms with van der Waals surface area (Å²) in [4.78, 5) is 14.5. The minimum absolute atomic E-state index is 0.204. The molecule has 3 rings (SSSR count). The number of fused-ring (bicyclic) bond motifs is 1. The number of carbonyl (C=O) groups is 1. The van der Waals surface area contributed by atoms with Gasteiger partial charge in [-0.1, -0.05) is 6.92 Å². The summed E-state index contributed by atoms with van der Waals surface area (Å²) in [6.45, 7) is 2.25. The van der Waals surface area contributed by atoms with Crippen LogP contribution >= 0.6 is 11.3 Å². The zero-order valence-electron chi connectivity index (χ0n) is 16.0. The van der Waals surface area contributed by atoms with E-state index in [2.05, 4.69) is 17.5 Å². The normalized spacial score (nSPS) is 16.1. The average molecular weight is 388 g/mol. The first kappa shape index (κ1) is 19.2. The molecule has 1 aliphatic rings. The third-order valence-electron chi connectivity index (χ3n) is 4.67. The molecule has 0 spiro atoms. The van der Waals surface area contributed by atoms with E-state index in [-0.39, 0.29) is 5.91 Å². The van der Waals surface area contributed by atoms with Crippen LogP contribution in [0, 0.1) is 5.92 Å². The lowest BCUT2D eigenvalue weighted by Gasteiger charge is -2.16. The molecule has 0 saturated carbocycles. The number of carbonyl (C=O) groups excluding carboxylic acids is 1. The second-order valence-electron chi connectivity index (χ2n) is 6.55. The summed E-state index contributed by atoms with van der Waals surface area (Å²) in [6, 6.07) is 5.47. The Morgan fingerprint density at radius 2 is 1.89 bits per heavy atom. The zero-order chi connectivity index (χ0) is 19.4. The lowest BCUT2D eigenvalue weighted by atomic mass is 9.90. The SMILES string of the molecule is COc1cc(OC)c(C=NNC(=O)c2cc3c(s2)CCC(C)C3)c(OC)c1. The highest BCUT2D eigenvalue weighted by Crippen LogP contribution is 2.33. The summed E-state index contributed by atoms with van der Waals surface area (Å²) in [5.41, 5.74) is 4.52. The van der Waals surface area contributed by atoms with Crippen molar-refractivity contribution in [2.75, 3.05) is 21.3 Å². The van der Waals surface area contributed by atoms with E-state index in [1.807, 2.05) is 6.07 Å². The maximum atomic E-state index is 12.4. The van der Waals surface area contributed by atoms with E-state index in [0.29, 0.717) is 33.6 Å². The average Bonchev–Trinajstić information content (AvgIpc) is 3.10. The van der Waals surface area contributed by atoms with Gasteiger partial charge in [0.15, 0.2) is 0 Å². The van der Waals surface area contributed by atoms with Gasteiger partial charge in [0.2, 0.25) is 0 Å². The molecule has 144 valence electrons. The van der Waals surface area contributed by atoms with Crippen molar-refractivity contribution in [3.8, 4) is 17.2 Å². The van der Waals surface area contributed by atoms with Crippen LogP contribution in [0.3, 0.4) is 0 Å². The lowest BCUT2D eigenvalue weighted by Crippen LogP contribution is -2.16. The first-order chi connectivity index (χ1) is 13.0. The smallest absolute Gasteiger partial charge is 0.281 e. The van der Waals surface area contributed by atoms with E-state index in [9.17, 15) is 4.79 Å². The van der Waals surface area contributed by atoms with Gasteiger partial charge in [0.25, 0.3) is 5.91 Å². The molecule has 6 nitrogen and oxygen atoms in total. The Balaban J connectivity index is 1.75. The Morgan fingerprint density at radius 3 is 2.52 bits per heavy atom. The van der Waals surface area contributed by atoms with Gasteiger partial charge in [-0.2, -0.15) is 5.10 Å². The van der Waals surface area contributed by atoms with Gasteiger partial charge < -0.3 is 14.2 Å². The molecule has 1 heterocycles. The van der Waals surface area contributed by atoms with Crippen molar-refractivity contribution < 1.29 is 19.0 Å². The number of nitrogens with one attached hydrogen (secondary N) is 1. The molecule has 1 atom stereocenters. The van der Waals surface area contributed by atoms with Crippen LogP contribution in [-0.2, 0) is 12.8 Å². The highest BCUT2D eigenvalue weighted by atomic mass is 32.1. The van der Waals surface area contributed by atoms with Crippen LogP contribution in [0.5, 0.6) is 17.2 Å². The van der Waals surface area contributed by atoms with E-state index in [1.165, 1.54) is 23.1 Å². The van der Waals surface area contributed by atoms with Gasteiger partial charge in [0.1, 0.15) is 17.2 Å². The summed E-state index contributed by atoms with van der Waals surface area (Å²) >= 11 is 1.56. The number of hydrazone groups is 1. The largest absolute Gasteiger partial charge is 0.496 e. The minimum atomic E-state index is -0.204. The summed E-state index contributed by atoms with van der Waals surface area (Å²) < 4.78 is 16.0. The molecule has 7 heteroatoms. The Labute approximate surface area is 163 Å². The van der Waals surface area contributed by atoms with E-state index in [1.54, 1.807) is 44.8 Å². The second-order valence-corrected chi connectivity index (χ2v) is 7.69. The molecule has 1 amide bonds. The van der Waals surface area contributed by atoms with Crippen LogP contribution < -0.4 is 19.6 Å². The van der Waals surface area contributed by atoms with E-state index >= 15 is 0 Å². The Hall–Kier alpha value is -2.54. The van der Waals surface area contributed by atoms with Crippen LogP contribution in [-0.4, -0.2) is 33.5 Å². The van der Waals surface area contributed by atoms with E-state index < -0.39 is 0 Å². The summed E-state index contributed by atoms with van der Waals surface area (Å²) in [6.07, 6.45) is 4.80. The molecule has 1 aromatic carbocycles. The van der Waals surface area contributed by atoms with Crippen molar-refractivity contribution in [2.45, 2.75) is 26.2 Å². The van der Waals surface area contributed by atoms with Crippen molar-refractivity contribution in [2.24, 2.45) is 11.0 Å². The van der Waals surface area contributed by atoms with Crippen LogP contribution in [0.25, 0.3) is 0 Å². The van der Waals surface area contributed by atoms with Crippen molar-refractivity contribution in [1.82, 2.24) is 5.43 Å². The Bertz CT molecular complexity index is 835. The monoisotopic (exact) mass is 388 g/mol. The fourth-order valence-electron chi connectivity index (χ4n) is 3.19. The highest BCUT2D eigenvalue weighted by Gasteiger charge is 2.20. The number of rotatable bonds is 6. The summed E-state index contributed by atoms with van der Waals surface area (Å²) in [7, 11) is 4.69. The fraction of sp³-hybridized carbons (Fsp3) is 0.400. The zero-order valence-corrected chi connectivity index (χ0v) is 16.8. The van der Waals surface area contributed by atoms with Crippen LogP contribution in [0.2, 0.25) is 0 Å². The van der Waals surface area contributed by atoms with Crippen molar-refractivity contribution in [3.05, 3.63) is 39.1 Å².